The summed E-state index contributed by atoms with van der Waals surface area (Å²) in [4.78, 5) is 9.82. The lowest BCUT2D eigenvalue weighted by molar-refractivity contribution is -0.114. The van der Waals surface area contributed by atoms with Gasteiger partial charge in [-0.3, -0.25) is 4.79 Å². The Labute approximate surface area is 99.8 Å². The summed E-state index contributed by atoms with van der Waals surface area (Å²) in [5.74, 6) is -0.435. The first-order valence-corrected chi connectivity index (χ1v) is 4.93. The molecule has 0 aromatic carbocycles. The molecule has 0 fully saturated rings. The number of aliphatic hydroxyl groups excluding tert-OH is 5. The molecular formula is C10H21NO6. The molecule has 0 saturated heterocycles. The van der Waals surface area contributed by atoms with Crippen LogP contribution in [0.25, 0.3) is 0 Å². The molecule has 0 aliphatic rings. The highest BCUT2D eigenvalue weighted by Gasteiger charge is 2.27. The van der Waals surface area contributed by atoms with E-state index >= 15 is 0 Å². The normalized spacial score (nSPS) is 17.1. The van der Waals surface area contributed by atoms with E-state index in [-0.39, 0.29) is 0 Å². The number of rotatable bonds is 5. The van der Waals surface area contributed by atoms with Crippen LogP contribution in [0.15, 0.2) is 12.2 Å². The Morgan fingerprint density at radius 3 is 1.76 bits per heavy atom. The van der Waals surface area contributed by atoms with Crippen LogP contribution >= 0.6 is 0 Å². The molecule has 0 aromatic rings. The van der Waals surface area contributed by atoms with Crippen molar-refractivity contribution in [2.45, 2.75) is 38.3 Å². The fourth-order valence-electron chi connectivity index (χ4n) is 0.621. The van der Waals surface area contributed by atoms with Crippen molar-refractivity contribution < 1.29 is 30.3 Å². The van der Waals surface area contributed by atoms with E-state index in [1.54, 1.807) is 6.92 Å². The van der Waals surface area contributed by atoms with Crippen molar-refractivity contribution in [3.63, 3.8) is 0 Å². The second-order valence-electron chi connectivity index (χ2n) is 3.62. The summed E-state index contributed by atoms with van der Waals surface area (Å²) >= 11 is 0. The highest BCUT2D eigenvalue weighted by atomic mass is 16.4. The molecule has 7 nitrogen and oxygen atoms in total. The zero-order valence-corrected chi connectivity index (χ0v) is 9.95. The topological polar surface area (TPSA) is 144 Å². The summed E-state index contributed by atoms with van der Waals surface area (Å²) < 4.78 is 0. The third-order valence-electron chi connectivity index (χ3n) is 1.85. The maximum absolute atomic E-state index is 9.82. The number of carbonyl (C=O) groups is 1. The van der Waals surface area contributed by atoms with Gasteiger partial charge in [-0.25, -0.2) is 0 Å². The van der Waals surface area contributed by atoms with E-state index in [0.717, 1.165) is 0 Å². The lowest BCUT2D eigenvalue weighted by atomic mass is 10.1. The predicted molar refractivity (Wildman–Crippen MR) is 60.8 cm³/mol. The van der Waals surface area contributed by atoms with Crippen molar-refractivity contribution in [3.05, 3.63) is 12.2 Å². The van der Waals surface area contributed by atoms with Gasteiger partial charge in [-0.1, -0.05) is 6.58 Å². The van der Waals surface area contributed by atoms with E-state index < -0.39 is 36.9 Å². The second kappa shape index (κ2) is 9.08. The van der Waals surface area contributed by atoms with E-state index in [1.807, 2.05) is 0 Å². The Morgan fingerprint density at radius 1 is 1.24 bits per heavy atom. The molecule has 17 heavy (non-hydrogen) atoms. The van der Waals surface area contributed by atoms with E-state index in [9.17, 15) is 4.79 Å². The fourth-order valence-corrected chi connectivity index (χ4v) is 0.621. The molecule has 0 bridgehead atoms. The molecular weight excluding hydrogens is 230 g/mol. The van der Waals surface area contributed by atoms with Crippen LogP contribution in [0.5, 0.6) is 0 Å². The Balaban J connectivity index is 0. The Bertz CT molecular complexity index is 231. The monoisotopic (exact) mass is 251 g/mol. The second-order valence-corrected chi connectivity index (χ2v) is 3.62. The maximum Gasteiger partial charge on any atom is 0.243 e. The first-order chi connectivity index (χ1) is 7.64. The van der Waals surface area contributed by atoms with Gasteiger partial charge in [0.25, 0.3) is 0 Å². The Hall–Kier alpha value is -0.990. The minimum absolute atomic E-state index is 0.398. The van der Waals surface area contributed by atoms with Gasteiger partial charge in [0.15, 0.2) is 0 Å². The standard InChI is InChI=1S/C6H14O5.C4H7NO/c1-3(8)5(10)6(11)4(9)2-7;1-3(2)4(5)6/h3-11H,2H2,1H3;1H2,2H3,(H2,5,6)/t3-,4+,5+,6+;/m0./s1. The Kier molecular flexibility index (Phi) is 9.82. The van der Waals surface area contributed by atoms with Gasteiger partial charge in [0.1, 0.15) is 18.3 Å². The van der Waals surface area contributed by atoms with Gasteiger partial charge in [-0.2, -0.15) is 0 Å². The van der Waals surface area contributed by atoms with Crippen LogP contribution in [-0.4, -0.2) is 62.5 Å². The third kappa shape index (κ3) is 8.78. The number of aliphatic hydroxyl groups is 5. The average Bonchev–Trinajstić information content (AvgIpc) is 2.26. The van der Waals surface area contributed by atoms with Crippen LogP contribution < -0.4 is 5.73 Å². The van der Waals surface area contributed by atoms with E-state index in [1.165, 1.54) is 6.92 Å². The molecule has 0 aliphatic carbocycles. The van der Waals surface area contributed by atoms with Crippen LogP contribution in [0.4, 0.5) is 0 Å². The van der Waals surface area contributed by atoms with Crippen molar-refractivity contribution in [2.75, 3.05) is 6.61 Å². The Morgan fingerprint density at radius 2 is 1.59 bits per heavy atom. The molecule has 0 rings (SSSR count). The number of hydrogen-bond donors (Lipinski definition) is 6. The number of amides is 1. The first kappa shape index (κ1) is 18.4. The molecule has 0 spiro atoms. The predicted octanol–water partition coefficient (Wildman–Crippen LogP) is -2.51. The molecule has 7 heteroatoms. The molecule has 0 heterocycles. The van der Waals surface area contributed by atoms with Crippen molar-refractivity contribution in [1.29, 1.82) is 0 Å². The molecule has 0 saturated carbocycles. The van der Waals surface area contributed by atoms with E-state index in [2.05, 4.69) is 6.58 Å². The molecule has 0 aromatic heterocycles. The highest BCUT2D eigenvalue weighted by molar-refractivity contribution is 5.90. The van der Waals surface area contributed by atoms with Gasteiger partial charge in [0.2, 0.25) is 5.91 Å². The summed E-state index contributed by atoms with van der Waals surface area (Å²) in [6, 6.07) is 0. The number of hydrogen-bond acceptors (Lipinski definition) is 6. The average molecular weight is 251 g/mol. The highest BCUT2D eigenvalue weighted by Crippen LogP contribution is 2.03. The van der Waals surface area contributed by atoms with Crippen LogP contribution in [0.2, 0.25) is 0 Å². The number of primary amides is 1. The van der Waals surface area contributed by atoms with Gasteiger partial charge < -0.3 is 31.3 Å². The van der Waals surface area contributed by atoms with Crippen molar-refractivity contribution >= 4 is 5.91 Å². The van der Waals surface area contributed by atoms with Gasteiger partial charge in [0, 0.05) is 5.57 Å². The maximum atomic E-state index is 9.82. The quantitative estimate of drug-likeness (QED) is 0.298. The summed E-state index contributed by atoms with van der Waals surface area (Å²) in [5, 5.41) is 43.7. The summed E-state index contributed by atoms with van der Waals surface area (Å²) in [5.41, 5.74) is 5.09. The zero-order chi connectivity index (χ0) is 14.2. The zero-order valence-electron chi connectivity index (χ0n) is 9.95. The van der Waals surface area contributed by atoms with Crippen LogP contribution in [0.1, 0.15) is 13.8 Å². The lowest BCUT2D eigenvalue weighted by Gasteiger charge is -2.23. The smallest absolute Gasteiger partial charge is 0.243 e. The molecule has 0 radical (unpaired) electrons. The molecule has 0 unspecified atom stereocenters. The summed E-state index contributed by atoms with van der Waals surface area (Å²) in [6.45, 7) is 5.48. The van der Waals surface area contributed by atoms with Gasteiger partial charge in [0.05, 0.1) is 12.7 Å². The number of carbonyl (C=O) groups excluding carboxylic acids is 1. The molecule has 1 amide bonds. The van der Waals surface area contributed by atoms with Crippen molar-refractivity contribution in [1.82, 2.24) is 0 Å². The van der Waals surface area contributed by atoms with Gasteiger partial charge >= 0.3 is 0 Å². The minimum Gasteiger partial charge on any atom is -0.394 e. The molecule has 102 valence electrons. The SMILES string of the molecule is C=C(C)C(N)=O.C[C@H](O)[C@@H](O)[C@H](O)[C@H](O)CO. The summed E-state index contributed by atoms with van der Waals surface area (Å²) in [7, 11) is 0. The molecule has 7 N–H and O–H groups in total. The van der Waals surface area contributed by atoms with Crippen LogP contribution in [-0.2, 0) is 4.79 Å². The fraction of sp³-hybridized carbons (Fsp3) is 0.700. The van der Waals surface area contributed by atoms with Crippen LogP contribution in [0.3, 0.4) is 0 Å². The number of nitrogens with two attached hydrogens (primary N) is 1. The van der Waals surface area contributed by atoms with Gasteiger partial charge in [-0.15, -0.1) is 0 Å². The molecule has 4 atom stereocenters. The van der Waals surface area contributed by atoms with E-state index in [0.29, 0.717) is 5.57 Å². The van der Waals surface area contributed by atoms with E-state index in [4.69, 9.17) is 31.3 Å². The minimum atomic E-state index is -1.51. The van der Waals surface area contributed by atoms with Crippen LogP contribution in [0, 0.1) is 0 Å². The first-order valence-electron chi connectivity index (χ1n) is 4.93. The van der Waals surface area contributed by atoms with Crippen molar-refractivity contribution in [3.8, 4) is 0 Å². The summed E-state index contributed by atoms with van der Waals surface area (Å²) in [6.07, 6.45) is -5.50. The van der Waals surface area contributed by atoms with Gasteiger partial charge in [-0.05, 0) is 13.8 Å². The lowest BCUT2D eigenvalue weighted by Crippen LogP contribution is -2.44. The molecule has 0 aliphatic heterocycles. The third-order valence-corrected chi connectivity index (χ3v) is 1.85. The van der Waals surface area contributed by atoms with Crippen molar-refractivity contribution in [2.24, 2.45) is 5.73 Å². The largest absolute Gasteiger partial charge is 0.394 e.